The number of hydrogen-bond acceptors (Lipinski definition) is 5. The first-order chi connectivity index (χ1) is 10.1. The van der Waals surface area contributed by atoms with Crippen LogP contribution in [0.1, 0.15) is 9.67 Å². The summed E-state index contributed by atoms with van der Waals surface area (Å²) in [6.45, 7) is 0. The van der Waals surface area contributed by atoms with Crippen molar-refractivity contribution >= 4 is 29.0 Å². The van der Waals surface area contributed by atoms with E-state index in [1.54, 1.807) is 35.7 Å². The average molecular weight is 306 g/mol. The number of hydrogen-bond donors (Lipinski definition) is 2. The van der Waals surface area contributed by atoms with E-state index in [-0.39, 0.29) is 0 Å². The Kier molecular flexibility index (Phi) is 4.78. The van der Waals surface area contributed by atoms with E-state index in [0.717, 1.165) is 0 Å². The molecule has 1 heterocycles. The molecule has 21 heavy (non-hydrogen) atoms. The number of carbonyl (C=O) groups excluding carboxylic acids is 2. The van der Waals surface area contributed by atoms with Crippen LogP contribution in [-0.4, -0.2) is 26.2 Å². The minimum atomic E-state index is -0.639. The van der Waals surface area contributed by atoms with E-state index in [0.29, 0.717) is 22.1 Å². The Hall–Kier alpha value is -2.54. The summed E-state index contributed by atoms with van der Waals surface area (Å²) in [6, 6.07) is 7.71. The fourth-order valence-electron chi connectivity index (χ4n) is 1.64. The molecule has 2 rings (SSSR count). The molecule has 1 aromatic heterocycles. The highest BCUT2D eigenvalue weighted by molar-refractivity contribution is 7.12. The van der Waals surface area contributed by atoms with Crippen LogP contribution < -0.4 is 20.1 Å². The Morgan fingerprint density at radius 3 is 2.57 bits per heavy atom. The molecular formula is C14H14N2O4S. The van der Waals surface area contributed by atoms with E-state index in [9.17, 15) is 9.59 Å². The lowest BCUT2D eigenvalue weighted by Gasteiger charge is -2.11. The lowest BCUT2D eigenvalue weighted by atomic mass is 10.2. The van der Waals surface area contributed by atoms with Gasteiger partial charge in [0.2, 0.25) is 0 Å². The molecule has 3 amide bonds. The number of carbonyl (C=O) groups is 2. The Morgan fingerprint density at radius 1 is 1.14 bits per heavy atom. The van der Waals surface area contributed by atoms with Crippen LogP contribution in [0.5, 0.6) is 11.5 Å². The molecule has 7 heteroatoms. The van der Waals surface area contributed by atoms with Crippen LogP contribution in [0.2, 0.25) is 0 Å². The maximum Gasteiger partial charge on any atom is 0.326 e. The molecule has 0 radical (unpaired) electrons. The molecule has 6 nitrogen and oxygen atoms in total. The monoisotopic (exact) mass is 306 g/mol. The molecule has 0 saturated heterocycles. The first kappa shape index (κ1) is 14.9. The number of benzene rings is 1. The van der Waals surface area contributed by atoms with Crippen molar-refractivity contribution in [3.63, 3.8) is 0 Å². The van der Waals surface area contributed by atoms with E-state index < -0.39 is 11.9 Å². The van der Waals surface area contributed by atoms with Crippen LogP contribution >= 0.6 is 11.3 Å². The summed E-state index contributed by atoms with van der Waals surface area (Å²) in [7, 11) is 3.01. The van der Waals surface area contributed by atoms with Gasteiger partial charge in [0.1, 0.15) is 11.5 Å². The number of nitrogens with one attached hydrogen (secondary N) is 2. The minimum absolute atomic E-state index is 0.410. The highest BCUT2D eigenvalue weighted by Crippen LogP contribution is 2.28. The molecule has 0 atom stereocenters. The maximum absolute atomic E-state index is 11.9. The van der Waals surface area contributed by atoms with Crippen molar-refractivity contribution in [2.75, 3.05) is 19.5 Å². The number of anilines is 1. The number of amides is 3. The second-order valence-electron chi connectivity index (χ2n) is 3.95. The van der Waals surface area contributed by atoms with Gasteiger partial charge in [0.25, 0.3) is 5.91 Å². The molecule has 0 fully saturated rings. The topological polar surface area (TPSA) is 76.7 Å². The van der Waals surface area contributed by atoms with Gasteiger partial charge in [-0.2, -0.15) is 0 Å². The Labute approximate surface area is 125 Å². The molecule has 0 spiro atoms. The van der Waals surface area contributed by atoms with Gasteiger partial charge in [-0.1, -0.05) is 6.07 Å². The number of urea groups is 1. The molecule has 0 aliphatic carbocycles. The molecule has 2 N–H and O–H groups in total. The third-order valence-corrected chi connectivity index (χ3v) is 3.50. The van der Waals surface area contributed by atoms with Crippen molar-refractivity contribution in [2.24, 2.45) is 0 Å². The summed E-state index contributed by atoms with van der Waals surface area (Å²) in [4.78, 5) is 24.1. The molecule has 2 aromatic rings. The van der Waals surface area contributed by atoms with Crippen molar-refractivity contribution in [2.45, 2.75) is 0 Å². The average Bonchev–Trinajstić information content (AvgIpc) is 3.01. The van der Waals surface area contributed by atoms with Gasteiger partial charge in [0, 0.05) is 6.07 Å². The summed E-state index contributed by atoms with van der Waals surface area (Å²) < 4.78 is 10.2. The number of methoxy groups -OCH3 is 2. The molecule has 0 aliphatic heterocycles. The summed E-state index contributed by atoms with van der Waals surface area (Å²) in [5, 5.41) is 6.56. The van der Waals surface area contributed by atoms with E-state index in [4.69, 9.17) is 9.47 Å². The molecule has 1 aromatic carbocycles. The maximum atomic E-state index is 11.9. The minimum Gasteiger partial charge on any atom is -0.497 e. The third kappa shape index (κ3) is 3.73. The summed E-state index contributed by atoms with van der Waals surface area (Å²) in [5.41, 5.74) is 0.410. The fourth-order valence-corrected chi connectivity index (χ4v) is 2.26. The smallest absolute Gasteiger partial charge is 0.326 e. The first-order valence-corrected chi connectivity index (χ1v) is 6.90. The van der Waals surface area contributed by atoms with Crippen molar-refractivity contribution in [3.8, 4) is 11.5 Å². The molecule has 0 unspecified atom stereocenters. The van der Waals surface area contributed by atoms with Gasteiger partial charge in [-0.25, -0.2) is 4.79 Å². The molecular weight excluding hydrogens is 292 g/mol. The molecule has 110 valence electrons. The quantitative estimate of drug-likeness (QED) is 0.910. The normalized spacial score (nSPS) is 9.81. The summed E-state index contributed by atoms with van der Waals surface area (Å²) >= 11 is 1.26. The highest BCUT2D eigenvalue weighted by atomic mass is 32.1. The van der Waals surface area contributed by atoms with Crippen LogP contribution in [0.3, 0.4) is 0 Å². The van der Waals surface area contributed by atoms with E-state index >= 15 is 0 Å². The zero-order valence-corrected chi connectivity index (χ0v) is 12.3. The standard InChI is InChI=1S/C14H14N2O4S/c1-19-9-5-6-11(20-2)10(8-9)15-14(18)16-13(17)12-4-3-7-21-12/h3-8H,1-2H3,(H2,15,16,17,18). The SMILES string of the molecule is COc1ccc(OC)c(NC(=O)NC(=O)c2cccs2)c1. The van der Waals surface area contributed by atoms with Gasteiger partial charge in [0.15, 0.2) is 0 Å². The Bertz CT molecular complexity index is 640. The van der Waals surface area contributed by atoms with Crippen LogP contribution in [-0.2, 0) is 0 Å². The van der Waals surface area contributed by atoms with Crippen molar-refractivity contribution < 1.29 is 19.1 Å². The van der Waals surface area contributed by atoms with Crippen LogP contribution in [0.4, 0.5) is 10.5 Å². The predicted molar refractivity (Wildman–Crippen MR) is 80.3 cm³/mol. The van der Waals surface area contributed by atoms with Gasteiger partial charge in [-0.05, 0) is 23.6 Å². The highest BCUT2D eigenvalue weighted by Gasteiger charge is 2.13. The van der Waals surface area contributed by atoms with Gasteiger partial charge in [-0.15, -0.1) is 11.3 Å². The van der Waals surface area contributed by atoms with Crippen LogP contribution in [0, 0.1) is 0 Å². The lowest BCUT2D eigenvalue weighted by molar-refractivity contribution is 0.0971. The molecule has 0 saturated carbocycles. The van der Waals surface area contributed by atoms with E-state index in [1.165, 1.54) is 25.6 Å². The van der Waals surface area contributed by atoms with Crippen molar-refractivity contribution in [1.29, 1.82) is 0 Å². The van der Waals surface area contributed by atoms with Gasteiger partial charge < -0.3 is 14.8 Å². The zero-order chi connectivity index (χ0) is 15.2. The van der Waals surface area contributed by atoms with Gasteiger partial charge in [0.05, 0.1) is 24.8 Å². The van der Waals surface area contributed by atoms with Crippen molar-refractivity contribution in [1.82, 2.24) is 5.32 Å². The Morgan fingerprint density at radius 2 is 1.95 bits per heavy atom. The number of ether oxygens (including phenoxy) is 2. The predicted octanol–water partition coefficient (Wildman–Crippen LogP) is 2.73. The lowest BCUT2D eigenvalue weighted by Crippen LogP contribution is -2.34. The van der Waals surface area contributed by atoms with Gasteiger partial charge in [-0.3, -0.25) is 10.1 Å². The van der Waals surface area contributed by atoms with E-state index in [2.05, 4.69) is 10.6 Å². The molecule has 0 bridgehead atoms. The Balaban J connectivity index is 2.07. The van der Waals surface area contributed by atoms with Gasteiger partial charge >= 0.3 is 6.03 Å². The van der Waals surface area contributed by atoms with Crippen LogP contribution in [0.15, 0.2) is 35.7 Å². The number of rotatable bonds is 4. The van der Waals surface area contributed by atoms with E-state index in [1.807, 2.05) is 0 Å². The fraction of sp³-hybridized carbons (Fsp3) is 0.143. The van der Waals surface area contributed by atoms with Crippen LogP contribution in [0.25, 0.3) is 0 Å². The third-order valence-electron chi connectivity index (χ3n) is 2.63. The van der Waals surface area contributed by atoms with Crippen molar-refractivity contribution in [3.05, 3.63) is 40.6 Å². The second-order valence-corrected chi connectivity index (χ2v) is 4.90. The molecule has 0 aliphatic rings. The number of thiophene rings is 1. The summed E-state index contributed by atoms with van der Waals surface area (Å²) in [6.07, 6.45) is 0. The number of imide groups is 1. The first-order valence-electron chi connectivity index (χ1n) is 6.02. The second kappa shape index (κ2) is 6.76. The summed E-state index contributed by atoms with van der Waals surface area (Å²) in [5.74, 6) is 0.578. The largest absolute Gasteiger partial charge is 0.497 e. The zero-order valence-electron chi connectivity index (χ0n) is 11.5.